The zero-order valence-corrected chi connectivity index (χ0v) is 10.3. The highest BCUT2D eigenvalue weighted by atomic mass is 15.1. The van der Waals surface area contributed by atoms with Gasteiger partial charge < -0.3 is 5.73 Å². The number of nitrogens with two attached hydrogens (primary N) is 1. The molecule has 1 aromatic heterocycles. The number of hydrogen-bond donors (Lipinski definition) is 2. The number of nitrogens with one attached hydrogen (secondary N) is 1. The van der Waals surface area contributed by atoms with E-state index >= 15 is 0 Å². The molecule has 0 amide bonds. The summed E-state index contributed by atoms with van der Waals surface area (Å²) in [5.74, 6) is 3.06. The Hall–Kier alpha value is -0.990. The van der Waals surface area contributed by atoms with Crippen LogP contribution >= 0.6 is 0 Å². The van der Waals surface area contributed by atoms with E-state index in [4.69, 9.17) is 5.73 Å². The molecule has 92 valence electrons. The van der Waals surface area contributed by atoms with Gasteiger partial charge in [-0.25, -0.2) is 0 Å². The van der Waals surface area contributed by atoms with Crippen LogP contribution in [-0.2, 0) is 6.42 Å². The molecule has 4 saturated carbocycles. The van der Waals surface area contributed by atoms with Crippen LogP contribution in [0.25, 0.3) is 0 Å². The van der Waals surface area contributed by atoms with Crippen LogP contribution in [0.2, 0.25) is 0 Å². The lowest BCUT2D eigenvalue weighted by atomic mass is 9.48. The van der Waals surface area contributed by atoms with E-state index < -0.39 is 0 Å². The van der Waals surface area contributed by atoms with Gasteiger partial charge in [-0.2, -0.15) is 5.10 Å². The Balaban J connectivity index is 1.62. The number of aromatic amines is 1. The van der Waals surface area contributed by atoms with Gasteiger partial charge in [0.1, 0.15) is 0 Å². The fourth-order valence-electron chi connectivity index (χ4n) is 5.35. The van der Waals surface area contributed by atoms with Crippen LogP contribution in [0, 0.1) is 23.2 Å². The maximum atomic E-state index is 5.98. The SMILES string of the molecule is Nc1cn[nH]c1CC12CC3CC(CC(C3)C1)C2. The van der Waals surface area contributed by atoms with Crippen LogP contribution in [0.5, 0.6) is 0 Å². The summed E-state index contributed by atoms with van der Waals surface area (Å²) < 4.78 is 0. The van der Waals surface area contributed by atoms with Gasteiger partial charge in [0.2, 0.25) is 0 Å². The molecule has 3 heteroatoms. The molecule has 3 nitrogen and oxygen atoms in total. The van der Waals surface area contributed by atoms with Crippen molar-refractivity contribution in [1.82, 2.24) is 10.2 Å². The van der Waals surface area contributed by atoms with Crippen LogP contribution in [0.15, 0.2) is 6.20 Å². The van der Waals surface area contributed by atoms with Crippen molar-refractivity contribution in [3.63, 3.8) is 0 Å². The quantitative estimate of drug-likeness (QED) is 0.822. The minimum Gasteiger partial charge on any atom is -0.396 e. The Morgan fingerprint density at radius 2 is 1.76 bits per heavy atom. The highest BCUT2D eigenvalue weighted by molar-refractivity contribution is 5.40. The average Bonchev–Trinajstić information content (AvgIpc) is 2.61. The molecule has 1 aromatic rings. The van der Waals surface area contributed by atoms with Crippen molar-refractivity contribution in [2.45, 2.75) is 44.9 Å². The topological polar surface area (TPSA) is 54.7 Å². The number of nitrogens with zero attached hydrogens (tertiary/aromatic N) is 1. The molecule has 4 fully saturated rings. The fourth-order valence-corrected chi connectivity index (χ4v) is 5.35. The first-order chi connectivity index (χ1) is 8.22. The van der Waals surface area contributed by atoms with Crippen LogP contribution < -0.4 is 5.73 Å². The van der Waals surface area contributed by atoms with Crippen LogP contribution in [0.3, 0.4) is 0 Å². The van der Waals surface area contributed by atoms with Crippen molar-refractivity contribution in [1.29, 1.82) is 0 Å². The van der Waals surface area contributed by atoms with E-state index in [9.17, 15) is 0 Å². The Morgan fingerprint density at radius 1 is 1.18 bits per heavy atom. The second-order valence-corrected chi connectivity index (χ2v) is 6.90. The van der Waals surface area contributed by atoms with Gasteiger partial charge in [0.05, 0.1) is 17.6 Å². The maximum Gasteiger partial charge on any atom is 0.0730 e. The monoisotopic (exact) mass is 231 g/mol. The molecule has 4 aliphatic carbocycles. The zero-order chi connectivity index (χ0) is 11.5. The molecule has 5 rings (SSSR count). The Labute approximate surface area is 102 Å². The number of anilines is 1. The fraction of sp³-hybridized carbons (Fsp3) is 0.786. The third kappa shape index (κ3) is 1.51. The number of H-pyrrole nitrogens is 1. The van der Waals surface area contributed by atoms with Gasteiger partial charge in [0, 0.05) is 0 Å². The number of hydrogen-bond acceptors (Lipinski definition) is 2. The molecule has 0 unspecified atom stereocenters. The molecule has 0 radical (unpaired) electrons. The average molecular weight is 231 g/mol. The molecule has 0 spiro atoms. The van der Waals surface area contributed by atoms with Gasteiger partial charge in [-0.3, -0.25) is 5.10 Å². The van der Waals surface area contributed by atoms with Crippen molar-refractivity contribution in [2.75, 3.05) is 5.73 Å². The minimum atomic E-state index is 0.565. The summed E-state index contributed by atoms with van der Waals surface area (Å²) in [6, 6.07) is 0. The molecule has 0 aliphatic heterocycles. The second kappa shape index (κ2) is 3.27. The summed E-state index contributed by atoms with van der Waals surface area (Å²) in [6.07, 6.45) is 11.8. The van der Waals surface area contributed by atoms with Gasteiger partial charge in [-0.05, 0) is 68.1 Å². The Morgan fingerprint density at radius 3 is 2.24 bits per heavy atom. The summed E-state index contributed by atoms with van der Waals surface area (Å²) in [5.41, 5.74) is 8.59. The molecule has 0 saturated heterocycles. The molecule has 1 heterocycles. The van der Waals surface area contributed by atoms with Crippen molar-refractivity contribution in [2.24, 2.45) is 23.2 Å². The summed E-state index contributed by atoms with van der Waals surface area (Å²) in [6.45, 7) is 0. The van der Waals surface area contributed by atoms with Crippen LogP contribution in [0.1, 0.15) is 44.2 Å². The predicted octanol–water partition coefficient (Wildman–Crippen LogP) is 2.75. The number of nitrogen functional groups attached to an aromatic ring is 1. The summed E-state index contributed by atoms with van der Waals surface area (Å²) in [4.78, 5) is 0. The van der Waals surface area contributed by atoms with E-state index in [0.717, 1.165) is 29.9 Å². The first kappa shape index (κ1) is 9.98. The van der Waals surface area contributed by atoms with Gasteiger partial charge in [-0.15, -0.1) is 0 Å². The maximum absolute atomic E-state index is 5.98. The van der Waals surface area contributed by atoms with Gasteiger partial charge in [-0.1, -0.05) is 0 Å². The van der Waals surface area contributed by atoms with E-state index in [1.165, 1.54) is 44.2 Å². The molecular formula is C14H21N3. The van der Waals surface area contributed by atoms with Crippen LogP contribution in [0.4, 0.5) is 5.69 Å². The largest absolute Gasteiger partial charge is 0.396 e. The molecule has 3 N–H and O–H groups in total. The van der Waals surface area contributed by atoms with Crippen molar-refractivity contribution in [3.8, 4) is 0 Å². The Kier molecular flexibility index (Phi) is 1.92. The van der Waals surface area contributed by atoms with E-state index in [-0.39, 0.29) is 0 Å². The standard InChI is InChI=1S/C14H21N3/c15-12-8-16-17-13(12)7-14-4-9-1-10(5-14)3-11(2-9)6-14/h8-11H,1-7,15H2,(H,16,17). The van der Waals surface area contributed by atoms with E-state index in [0.29, 0.717) is 5.41 Å². The highest BCUT2D eigenvalue weighted by Gasteiger charge is 2.50. The van der Waals surface area contributed by atoms with Crippen molar-refractivity contribution < 1.29 is 0 Å². The van der Waals surface area contributed by atoms with Gasteiger partial charge >= 0.3 is 0 Å². The lowest BCUT2D eigenvalue weighted by molar-refractivity contribution is -0.0525. The number of aromatic nitrogens is 2. The van der Waals surface area contributed by atoms with Crippen molar-refractivity contribution in [3.05, 3.63) is 11.9 Å². The number of rotatable bonds is 2. The molecule has 0 atom stereocenters. The lowest BCUT2D eigenvalue weighted by Crippen LogP contribution is -2.47. The van der Waals surface area contributed by atoms with Crippen LogP contribution in [-0.4, -0.2) is 10.2 Å². The first-order valence-corrected chi connectivity index (χ1v) is 7.00. The lowest BCUT2D eigenvalue weighted by Gasteiger charge is -2.57. The smallest absolute Gasteiger partial charge is 0.0730 e. The molecule has 17 heavy (non-hydrogen) atoms. The van der Waals surface area contributed by atoms with Gasteiger partial charge in [0.15, 0.2) is 0 Å². The zero-order valence-electron chi connectivity index (χ0n) is 10.3. The normalized spacial score (nSPS) is 43.2. The molecule has 4 aliphatic rings. The third-order valence-corrected chi connectivity index (χ3v) is 5.47. The highest BCUT2D eigenvalue weighted by Crippen LogP contribution is 2.61. The summed E-state index contributed by atoms with van der Waals surface area (Å²) >= 11 is 0. The van der Waals surface area contributed by atoms with E-state index in [2.05, 4.69) is 10.2 Å². The summed E-state index contributed by atoms with van der Waals surface area (Å²) in [7, 11) is 0. The summed E-state index contributed by atoms with van der Waals surface area (Å²) in [5, 5.41) is 7.18. The third-order valence-electron chi connectivity index (χ3n) is 5.47. The Bertz CT molecular complexity index is 399. The van der Waals surface area contributed by atoms with Gasteiger partial charge in [0.25, 0.3) is 0 Å². The second-order valence-electron chi connectivity index (χ2n) is 6.90. The molecule has 0 aromatic carbocycles. The van der Waals surface area contributed by atoms with E-state index in [1.807, 2.05) is 0 Å². The molecule has 4 bridgehead atoms. The molecular weight excluding hydrogens is 210 g/mol. The van der Waals surface area contributed by atoms with Crippen molar-refractivity contribution >= 4 is 5.69 Å². The first-order valence-electron chi connectivity index (χ1n) is 7.00. The predicted molar refractivity (Wildman–Crippen MR) is 67.3 cm³/mol. The van der Waals surface area contributed by atoms with E-state index in [1.54, 1.807) is 6.20 Å². The minimum absolute atomic E-state index is 0.565.